The number of benzene rings is 1. The molecular weight excluding hydrogens is 408 g/mol. The van der Waals surface area contributed by atoms with E-state index in [1.165, 1.54) is 0 Å². The second-order valence-corrected chi connectivity index (χ2v) is 10.4. The van der Waals surface area contributed by atoms with Gasteiger partial charge in [0, 0.05) is 44.8 Å². The molecule has 159 valence electrons. The van der Waals surface area contributed by atoms with Crippen molar-refractivity contribution in [2.24, 2.45) is 0 Å². The Labute approximate surface area is 182 Å². The number of rotatable bonds is 9. The first-order chi connectivity index (χ1) is 15.1. The van der Waals surface area contributed by atoms with Crippen LogP contribution in [-0.2, 0) is 18.1 Å². The molecule has 4 rings (SSSR count). The average molecular weight is 434 g/mol. The fourth-order valence-electron chi connectivity index (χ4n) is 3.12. The van der Waals surface area contributed by atoms with Crippen LogP contribution in [0.25, 0.3) is 22.2 Å². The fraction of sp³-hybridized carbons (Fsp3) is 0.261. The zero-order valence-corrected chi connectivity index (χ0v) is 18.7. The van der Waals surface area contributed by atoms with E-state index in [9.17, 15) is 5.11 Å². The topological polar surface area (TPSA) is 82.3 Å². The predicted molar refractivity (Wildman–Crippen MR) is 121 cm³/mol. The summed E-state index contributed by atoms with van der Waals surface area (Å²) < 4.78 is 13.5. The lowest BCUT2D eigenvalue weighted by molar-refractivity contribution is 0.0801. The summed E-state index contributed by atoms with van der Waals surface area (Å²) in [6.07, 6.45) is 3.54. The summed E-state index contributed by atoms with van der Waals surface area (Å²) in [7, 11) is -0.275. The number of aliphatic hydroxyl groups is 1. The molecule has 0 atom stereocenters. The third-order valence-electron chi connectivity index (χ3n) is 4.81. The first-order valence-electron chi connectivity index (χ1n) is 10.2. The summed E-state index contributed by atoms with van der Waals surface area (Å²) in [5.41, 5.74) is 3.36. The standard InChI is InChI=1S/C23H25N4O3Si/c1-31(2)12-11-29-16-27-22(9-10-25-27)18-4-8-23(24-14-18)30-20-6-7-21-17(13-20)3-5-19(15-28)26-21/h3-10,13-14,28H,11-12,15-16H2,1-2H3. The lowest BCUT2D eigenvalue weighted by atomic mass is 10.2. The molecule has 1 N–H and O–H groups in total. The van der Waals surface area contributed by atoms with Crippen molar-refractivity contribution in [1.82, 2.24) is 19.7 Å². The SMILES string of the molecule is C[Si](C)CCOCn1nccc1-c1ccc(Oc2ccc3nc(CO)ccc3c2)nc1. The van der Waals surface area contributed by atoms with Crippen molar-refractivity contribution in [2.75, 3.05) is 6.61 Å². The summed E-state index contributed by atoms with van der Waals surface area (Å²) >= 11 is 0. The number of hydrogen-bond acceptors (Lipinski definition) is 6. The van der Waals surface area contributed by atoms with E-state index in [2.05, 4.69) is 28.2 Å². The van der Waals surface area contributed by atoms with Gasteiger partial charge in [-0.1, -0.05) is 19.2 Å². The third-order valence-corrected chi connectivity index (χ3v) is 6.02. The van der Waals surface area contributed by atoms with Gasteiger partial charge in [0.25, 0.3) is 0 Å². The number of hydrogen-bond donors (Lipinski definition) is 1. The molecule has 1 radical (unpaired) electrons. The summed E-state index contributed by atoms with van der Waals surface area (Å²) in [4.78, 5) is 8.84. The van der Waals surface area contributed by atoms with Crippen molar-refractivity contribution in [1.29, 1.82) is 0 Å². The van der Waals surface area contributed by atoms with Gasteiger partial charge >= 0.3 is 0 Å². The van der Waals surface area contributed by atoms with Crippen LogP contribution in [0.3, 0.4) is 0 Å². The minimum absolute atomic E-state index is 0.0748. The fourth-order valence-corrected chi connectivity index (χ4v) is 3.67. The van der Waals surface area contributed by atoms with E-state index in [0.29, 0.717) is 24.1 Å². The van der Waals surface area contributed by atoms with Crippen molar-refractivity contribution >= 4 is 19.7 Å². The van der Waals surface area contributed by atoms with Crippen LogP contribution in [0, 0.1) is 0 Å². The van der Waals surface area contributed by atoms with Crippen LogP contribution in [0.5, 0.6) is 11.6 Å². The number of nitrogens with zero attached hydrogens (tertiary/aromatic N) is 4. The van der Waals surface area contributed by atoms with Crippen LogP contribution in [0.2, 0.25) is 19.1 Å². The molecule has 0 amide bonds. The Morgan fingerprint density at radius 1 is 1.06 bits per heavy atom. The van der Waals surface area contributed by atoms with Gasteiger partial charge in [-0.25, -0.2) is 9.67 Å². The second kappa shape index (κ2) is 9.82. The van der Waals surface area contributed by atoms with Crippen molar-refractivity contribution in [3.05, 3.63) is 66.6 Å². The first-order valence-corrected chi connectivity index (χ1v) is 12.9. The van der Waals surface area contributed by atoms with Crippen LogP contribution >= 0.6 is 0 Å². The van der Waals surface area contributed by atoms with Gasteiger partial charge in [0.2, 0.25) is 5.88 Å². The Kier molecular flexibility index (Phi) is 6.71. The largest absolute Gasteiger partial charge is 0.439 e. The highest BCUT2D eigenvalue weighted by molar-refractivity contribution is 6.55. The van der Waals surface area contributed by atoms with Crippen LogP contribution in [-0.4, -0.2) is 40.3 Å². The summed E-state index contributed by atoms with van der Waals surface area (Å²) in [5.74, 6) is 1.18. The van der Waals surface area contributed by atoms with Gasteiger partial charge < -0.3 is 14.6 Å². The summed E-state index contributed by atoms with van der Waals surface area (Å²) in [6, 6.07) is 16.2. The van der Waals surface area contributed by atoms with Gasteiger partial charge in [-0.2, -0.15) is 5.10 Å². The maximum atomic E-state index is 9.22. The Morgan fingerprint density at radius 3 is 2.74 bits per heavy atom. The predicted octanol–water partition coefficient (Wildman–Crippen LogP) is 4.51. The molecule has 3 aromatic heterocycles. The van der Waals surface area contributed by atoms with E-state index in [-0.39, 0.29) is 15.4 Å². The highest BCUT2D eigenvalue weighted by atomic mass is 28.3. The summed E-state index contributed by atoms with van der Waals surface area (Å²) in [5, 5.41) is 14.5. The highest BCUT2D eigenvalue weighted by Gasteiger charge is 2.08. The molecule has 0 aliphatic rings. The van der Waals surface area contributed by atoms with Crippen LogP contribution in [0.1, 0.15) is 5.69 Å². The molecule has 0 bridgehead atoms. The van der Waals surface area contributed by atoms with E-state index in [1.54, 1.807) is 18.5 Å². The van der Waals surface area contributed by atoms with Crippen molar-refractivity contribution in [3.8, 4) is 22.9 Å². The first kappa shape index (κ1) is 21.2. The number of pyridine rings is 2. The Bertz CT molecular complexity index is 1150. The summed E-state index contributed by atoms with van der Waals surface area (Å²) in [6.45, 7) is 5.68. The zero-order valence-electron chi connectivity index (χ0n) is 17.7. The molecule has 31 heavy (non-hydrogen) atoms. The molecule has 0 aliphatic heterocycles. The smallest absolute Gasteiger partial charge is 0.219 e. The molecule has 4 aromatic rings. The Hall–Kier alpha value is -3.07. The molecule has 0 aliphatic carbocycles. The van der Waals surface area contributed by atoms with Gasteiger partial charge in [0.05, 0.1) is 23.5 Å². The lowest BCUT2D eigenvalue weighted by Crippen LogP contribution is -2.10. The van der Waals surface area contributed by atoms with E-state index >= 15 is 0 Å². The minimum Gasteiger partial charge on any atom is -0.439 e. The van der Waals surface area contributed by atoms with Gasteiger partial charge in [-0.3, -0.25) is 4.98 Å². The van der Waals surface area contributed by atoms with Crippen LogP contribution < -0.4 is 4.74 Å². The molecule has 0 unspecified atom stereocenters. The second-order valence-electron chi connectivity index (χ2n) is 7.51. The van der Waals surface area contributed by atoms with Gasteiger partial charge in [0.1, 0.15) is 12.5 Å². The molecule has 7 nitrogen and oxygen atoms in total. The van der Waals surface area contributed by atoms with Crippen molar-refractivity contribution in [2.45, 2.75) is 32.5 Å². The molecule has 0 spiro atoms. The van der Waals surface area contributed by atoms with Gasteiger partial charge in [0.15, 0.2) is 0 Å². The number of aromatic nitrogens is 4. The molecule has 1 aromatic carbocycles. The van der Waals surface area contributed by atoms with E-state index in [1.807, 2.05) is 47.1 Å². The number of fused-ring (bicyclic) bond motifs is 1. The third kappa shape index (κ3) is 5.35. The maximum absolute atomic E-state index is 9.22. The normalized spacial score (nSPS) is 11.4. The van der Waals surface area contributed by atoms with E-state index in [4.69, 9.17) is 9.47 Å². The molecule has 0 fully saturated rings. The van der Waals surface area contributed by atoms with Gasteiger partial charge in [-0.05, 0) is 42.4 Å². The van der Waals surface area contributed by atoms with E-state index in [0.717, 1.165) is 34.8 Å². The molecule has 0 saturated carbocycles. The molecule has 0 saturated heterocycles. The van der Waals surface area contributed by atoms with Crippen LogP contribution in [0.15, 0.2) is 60.9 Å². The van der Waals surface area contributed by atoms with Crippen molar-refractivity contribution in [3.63, 3.8) is 0 Å². The zero-order chi connectivity index (χ0) is 21.6. The molecular formula is C23H25N4O3Si. The molecule has 3 heterocycles. The maximum Gasteiger partial charge on any atom is 0.219 e. The minimum atomic E-state index is -0.275. The van der Waals surface area contributed by atoms with E-state index < -0.39 is 0 Å². The van der Waals surface area contributed by atoms with Crippen molar-refractivity contribution < 1.29 is 14.6 Å². The number of aliphatic hydroxyl groups excluding tert-OH is 1. The van der Waals surface area contributed by atoms with Gasteiger partial charge in [-0.15, -0.1) is 0 Å². The Balaban J connectivity index is 1.43. The molecule has 8 heteroatoms. The lowest BCUT2D eigenvalue weighted by Gasteiger charge is -2.10. The average Bonchev–Trinajstić information content (AvgIpc) is 3.25. The Morgan fingerprint density at radius 2 is 1.97 bits per heavy atom. The quantitative estimate of drug-likeness (QED) is 0.309. The number of ether oxygens (including phenoxy) is 2. The monoisotopic (exact) mass is 433 g/mol. The van der Waals surface area contributed by atoms with Crippen LogP contribution in [0.4, 0.5) is 0 Å². The highest BCUT2D eigenvalue weighted by Crippen LogP contribution is 2.26.